The zero-order valence-electron chi connectivity index (χ0n) is 12.4. The summed E-state index contributed by atoms with van der Waals surface area (Å²) in [4.78, 5) is 13.0. The van der Waals surface area contributed by atoms with Crippen LogP contribution in [0.4, 0.5) is 5.82 Å². The third-order valence-corrected chi connectivity index (χ3v) is 3.56. The predicted octanol–water partition coefficient (Wildman–Crippen LogP) is 4.06. The molecule has 0 atom stereocenters. The van der Waals surface area contributed by atoms with Gasteiger partial charge in [0, 0.05) is 39.8 Å². The highest BCUT2D eigenvalue weighted by molar-refractivity contribution is 9.10. The number of hydrogen-bond acceptors (Lipinski definition) is 5. The number of hydrazone groups is 1. The van der Waals surface area contributed by atoms with E-state index >= 15 is 0 Å². The van der Waals surface area contributed by atoms with Crippen LogP contribution in [0, 0.1) is 6.92 Å². The molecular formula is C17H14BrN5. The molecule has 3 rings (SSSR count). The molecule has 0 saturated carbocycles. The molecule has 5 nitrogen and oxygen atoms in total. The Labute approximate surface area is 142 Å². The second-order valence-electron chi connectivity index (χ2n) is 4.88. The summed E-state index contributed by atoms with van der Waals surface area (Å²) in [6, 6.07) is 13.5. The average Bonchev–Trinajstić information content (AvgIpc) is 2.56. The van der Waals surface area contributed by atoms with Crippen LogP contribution in [0.1, 0.15) is 11.3 Å². The van der Waals surface area contributed by atoms with Crippen molar-refractivity contribution in [2.45, 2.75) is 6.92 Å². The number of halogens is 1. The molecule has 2 heterocycles. The minimum absolute atomic E-state index is 0.649. The number of hydrogen-bond donors (Lipinski definition) is 1. The summed E-state index contributed by atoms with van der Waals surface area (Å²) in [6.45, 7) is 1.93. The van der Waals surface area contributed by atoms with E-state index in [0.717, 1.165) is 21.3 Å². The van der Waals surface area contributed by atoms with Gasteiger partial charge >= 0.3 is 0 Å². The van der Waals surface area contributed by atoms with Crippen molar-refractivity contribution in [3.63, 3.8) is 0 Å². The Morgan fingerprint density at radius 3 is 2.70 bits per heavy atom. The molecule has 114 valence electrons. The first-order chi connectivity index (χ1) is 11.2. The molecule has 0 aliphatic heterocycles. The number of anilines is 1. The molecule has 6 heteroatoms. The Morgan fingerprint density at radius 2 is 1.96 bits per heavy atom. The van der Waals surface area contributed by atoms with Crippen LogP contribution < -0.4 is 5.43 Å². The van der Waals surface area contributed by atoms with Crippen molar-refractivity contribution in [3.05, 3.63) is 70.6 Å². The lowest BCUT2D eigenvalue weighted by atomic mass is 10.2. The molecule has 0 radical (unpaired) electrons. The molecule has 0 aliphatic rings. The van der Waals surface area contributed by atoms with Crippen LogP contribution in [0.3, 0.4) is 0 Å². The average molecular weight is 368 g/mol. The summed E-state index contributed by atoms with van der Waals surface area (Å²) in [7, 11) is 0. The van der Waals surface area contributed by atoms with Gasteiger partial charge in [-0.15, -0.1) is 0 Å². The zero-order valence-corrected chi connectivity index (χ0v) is 14.0. The van der Waals surface area contributed by atoms with E-state index in [4.69, 9.17) is 0 Å². The first kappa shape index (κ1) is 15.3. The highest BCUT2D eigenvalue weighted by Crippen LogP contribution is 2.20. The topological polar surface area (TPSA) is 63.1 Å². The fourth-order valence-corrected chi connectivity index (χ4v) is 2.24. The maximum atomic E-state index is 4.50. The van der Waals surface area contributed by atoms with Gasteiger partial charge in [-0.05, 0) is 25.1 Å². The van der Waals surface area contributed by atoms with Gasteiger partial charge in [0.2, 0.25) is 0 Å². The largest absolute Gasteiger partial charge is 0.264 e. The van der Waals surface area contributed by atoms with Gasteiger partial charge in [0.05, 0.1) is 6.21 Å². The van der Waals surface area contributed by atoms with Crippen LogP contribution in [0.25, 0.3) is 11.4 Å². The number of aromatic nitrogens is 3. The van der Waals surface area contributed by atoms with E-state index in [1.165, 1.54) is 0 Å². The standard InChI is InChI=1S/C17H14BrN5/c1-12-9-16(23-20-11-13-3-2-8-19-10-13)22-17(21-12)14-4-6-15(18)7-5-14/h2-11H,1H3,(H,21,22,23)/b20-11-. The van der Waals surface area contributed by atoms with Crippen molar-refractivity contribution in [2.24, 2.45) is 5.10 Å². The van der Waals surface area contributed by atoms with Crippen molar-refractivity contribution < 1.29 is 0 Å². The van der Waals surface area contributed by atoms with E-state index in [-0.39, 0.29) is 0 Å². The molecule has 1 N–H and O–H groups in total. The summed E-state index contributed by atoms with van der Waals surface area (Å²) < 4.78 is 1.02. The van der Waals surface area contributed by atoms with Gasteiger partial charge in [-0.2, -0.15) is 5.10 Å². The van der Waals surface area contributed by atoms with Gasteiger partial charge < -0.3 is 0 Å². The van der Waals surface area contributed by atoms with Crippen molar-refractivity contribution in [1.29, 1.82) is 0 Å². The summed E-state index contributed by atoms with van der Waals surface area (Å²) in [6.07, 6.45) is 5.16. The number of aryl methyl sites for hydroxylation is 1. The first-order valence-electron chi connectivity index (χ1n) is 7.01. The van der Waals surface area contributed by atoms with Crippen molar-refractivity contribution >= 4 is 28.0 Å². The van der Waals surface area contributed by atoms with E-state index in [1.807, 2.05) is 49.4 Å². The SMILES string of the molecule is Cc1cc(N/N=C\c2cccnc2)nc(-c2ccc(Br)cc2)n1. The van der Waals surface area contributed by atoms with E-state index < -0.39 is 0 Å². The molecule has 0 bridgehead atoms. The van der Waals surface area contributed by atoms with E-state index in [1.54, 1.807) is 18.6 Å². The normalized spacial score (nSPS) is 10.9. The molecule has 0 fully saturated rings. The van der Waals surface area contributed by atoms with Crippen LogP contribution >= 0.6 is 15.9 Å². The lowest BCUT2D eigenvalue weighted by Crippen LogP contribution is -1.99. The predicted molar refractivity (Wildman–Crippen MR) is 95.4 cm³/mol. The fraction of sp³-hybridized carbons (Fsp3) is 0.0588. The second kappa shape index (κ2) is 7.11. The monoisotopic (exact) mass is 367 g/mol. The summed E-state index contributed by atoms with van der Waals surface area (Å²) in [5.41, 5.74) is 5.68. The lowest BCUT2D eigenvalue weighted by Gasteiger charge is -2.05. The smallest absolute Gasteiger partial charge is 0.161 e. The zero-order chi connectivity index (χ0) is 16.1. The molecular weight excluding hydrogens is 354 g/mol. The van der Waals surface area contributed by atoms with Gasteiger partial charge in [-0.25, -0.2) is 9.97 Å². The van der Waals surface area contributed by atoms with Crippen molar-refractivity contribution in [1.82, 2.24) is 15.0 Å². The number of pyridine rings is 1. The van der Waals surface area contributed by atoms with Crippen molar-refractivity contribution in [3.8, 4) is 11.4 Å². The van der Waals surface area contributed by atoms with Crippen LogP contribution in [0.5, 0.6) is 0 Å². The summed E-state index contributed by atoms with van der Waals surface area (Å²) in [5, 5.41) is 4.19. The van der Waals surface area contributed by atoms with E-state index in [2.05, 4.69) is 41.4 Å². The van der Waals surface area contributed by atoms with Gasteiger partial charge in [-0.1, -0.05) is 34.1 Å². The molecule has 2 aromatic heterocycles. The molecule has 1 aromatic carbocycles. The summed E-state index contributed by atoms with van der Waals surface area (Å²) in [5.74, 6) is 1.31. The first-order valence-corrected chi connectivity index (χ1v) is 7.81. The number of benzene rings is 1. The highest BCUT2D eigenvalue weighted by atomic mass is 79.9. The van der Waals surface area contributed by atoms with E-state index in [0.29, 0.717) is 11.6 Å². The van der Waals surface area contributed by atoms with Crippen LogP contribution in [0.15, 0.2) is 64.4 Å². The minimum atomic E-state index is 0.649. The minimum Gasteiger partial charge on any atom is -0.264 e. The quantitative estimate of drug-likeness (QED) is 0.557. The Bertz CT molecular complexity index is 816. The number of rotatable bonds is 4. The van der Waals surface area contributed by atoms with Gasteiger partial charge in [-0.3, -0.25) is 10.4 Å². The van der Waals surface area contributed by atoms with Gasteiger partial charge in [0.15, 0.2) is 11.6 Å². The Balaban J connectivity index is 1.80. The maximum absolute atomic E-state index is 4.50. The van der Waals surface area contributed by atoms with Crippen LogP contribution in [-0.4, -0.2) is 21.2 Å². The third-order valence-electron chi connectivity index (χ3n) is 3.03. The molecule has 23 heavy (non-hydrogen) atoms. The Morgan fingerprint density at radius 1 is 1.13 bits per heavy atom. The molecule has 3 aromatic rings. The summed E-state index contributed by atoms with van der Waals surface area (Å²) >= 11 is 3.43. The highest BCUT2D eigenvalue weighted by Gasteiger charge is 2.04. The van der Waals surface area contributed by atoms with E-state index in [9.17, 15) is 0 Å². The van der Waals surface area contributed by atoms with Crippen LogP contribution in [0.2, 0.25) is 0 Å². The lowest BCUT2D eigenvalue weighted by molar-refractivity contribution is 1.10. The number of nitrogens with one attached hydrogen (secondary N) is 1. The van der Waals surface area contributed by atoms with Gasteiger partial charge in [0.1, 0.15) is 0 Å². The van der Waals surface area contributed by atoms with Crippen molar-refractivity contribution in [2.75, 3.05) is 5.43 Å². The second-order valence-corrected chi connectivity index (χ2v) is 5.80. The third kappa shape index (κ3) is 4.20. The molecule has 0 amide bonds. The fourth-order valence-electron chi connectivity index (χ4n) is 1.98. The number of nitrogens with zero attached hydrogens (tertiary/aromatic N) is 4. The maximum Gasteiger partial charge on any atom is 0.161 e. The van der Waals surface area contributed by atoms with Crippen LogP contribution in [-0.2, 0) is 0 Å². The molecule has 0 spiro atoms. The molecule has 0 saturated heterocycles. The molecule has 0 unspecified atom stereocenters. The molecule has 0 aliphatic carbocycles. The van der Waals surface area contributed by atoms with Gasteiger partial charge in [0.25, 0.3) is 0 Å². The Hall–Kier alpha value is -2.60. The Kier molecular flexibility index (Phi) is 4.73.